The number of rotatable bonds is 3. The van der Waals surface area contributed by atoms with E-state index in [4.69, 9.17) is 11.6 Å². The molecule has 0 bridgehead atoms. The van der Waals surface area contributed by atoms with Gasteiger partial charge >= 0.3 is 0 Å². The molecule has 2 nitrogen and oxygen atoms in total. The van der Waals surface area contributed by atoms with Crippen molar-refractivity contribution in [1.29, 1.82) is 0 Å². The van der Waals surface area contributed by atoms with Crippen LogP contribution in [0.3, 0.4) is 0 Å². The predicted octanol–water partition coefficient (Wildman–Crippen LogP) is 0.682. The molecule has 1 aliphatic carbocycles. The summed E-state index contributed by atoms with van der Waals surface area (Å²) in [6.07, 6.45) is 2.08. The monoisotopic (exact) mass is 175 g/mol. The molecule has 1 aliphatic heterocycles. The number of piperidine rings is 1. The largest absolute Gasteiger partial charge is 0.388 e. The highest BCUT2D eigenvalue weighted by Crippen LogP contribution is 2.49. The molecule has 1 saturated heterocycles. The van der Waals surface area contributed by atoms with E-state index in [1.165, 1.54) is 0 Å². The Balaban J connectivity index is 1.75. The molecule has 2 aliphatic rings. The number of hydrogen-bond acceptors (Lipinski definition) is 2. The molecule has 2 fully saturated rings. The van der Waals surface area contributed by atoms with E-state index >= 15 is 0 Å². The van der Waals surface area contributed by atoms with Gasteiger partial charge in [-0.25, -0.2) is 0 Å². The van der Waals surface area contributed by atoms with Crippen LogP contribution in [-0.2, 0) is 0 Å². The van der Waals surface area contributed by atoms with Crippen molar-refractivity contribution in [3.8, 4) is 0 Å². The maximum absolute atomic E-state index is 9.66. The number of nitrogens with zero attached hydrogens (tertiary/aromatic N) is 1. The second kappa shape index (κ2) is 2.61. The van der Waals surface area contributed by atoms with Gasteiger partial charge in [0.05, 0.1) is 5.60 Å². The quantitative estimate of drug-likeness (QED) is 0.638. The fourth-order valence-electron chi connectivity index (χ4n) is 2.01. The lowest BCUT2D eigenvalue weighted by Crippen LogP contribution is -2.28. The van der Waals surface area contributed by atoms with Crippen LogP contribution in [-0.4, -0.2) is 41.1 Å². The van der Waals surface area contributed by atoms with Crippen molar-refractivity contribution < 1.29 is 5.11 Å². The molecule has 0 spiro atoms. The van der Waals surface area contributed by atoms with Gasteiger partial charge in [-0.1, -0.05) is 0 Å². The van der Waals surface area contributed by atoms with E-state index in [2.05, 4.69) is 4.90 Å². The molecular weight excluding hydrogens is 162 g/mol. The molecular formula is C8H14ClNO. The van der Waals surface area contributed by atoms with Crippen molar-refractivity contribution in [1.82, 2.24) is 4.90 Å². The van der Waals surface area contributed by atoms with Crippen LogP contribution in [0.2, 0.25) is 0 Å². The third kappa shape index (κ3) is 1.40. The van der Waals surface area contributed by atoms with E-state index in [1.54, 1.807) is 0 Å². The summed E-state index contributed by atoms with van der Waals surface area (Å²) >= 11 is 5.57. The maximum Gasteiger partial charge on any atom is 0.0819 e. The van der Waals surface area contributed by atoms with E-state index in [1.807, 2.05) is 0 Å². The molecule has 0 amide bonds. The summed E-state index contributed by atoms with van der Waals surface area (Å²) in [5, 5.41) is 9.66. The normalized spacial score (nSPS) is 42.5. The van der Waals surface area contributed by atoms with Crippen LogP contribution in [0.1, 0.15) is 12.8 Å². The second-order valence-corrected chi connectivity index (χ2v) is 4.16. The van der Waals surface area contributed by atoms with Gasteiger partial charge in [0.15, 0.2) is 0 Å². The lowest BCUT2D eigenvalue weighted by molar-refractivity contribution is 0.128. The lowest BCUT2D eigenvalue weighted by Gasteiger charge is -2.17. The molecule has 0 aromatic heterocycles. The fourth-order valence-corrected chi connectivity index (χ4v) is 2.13. The van der Waals surface area contributed by atoms with Crippen molar-refractivity contribution in [3.05, 3.63) is 0 Å². The summed E-state index contributed by atoms with van der Waals surface area (Å²) in [4.78, 5) is 2.32. The summed E-state index contributed by atoms with van der Waals surface area (Å²) in [6, 6.07) is 0. The minimum absolute atomic E-state index is 0.285. The summed E-state index contributed by atoms with van der Waals surface area (Å²) < 4.78 is 0. The number of β-amino-alcohol motifs (C(OH)–C–C–N with tert-alkyl or cyclic N) is 1. The molecule has 0 aromatic rings. The van der Waals surface area contributed by atoms with Crippen molar-refractivity contribution in [3.63, 3.8) is 0 Å². The van der Waals surface area contributed by atoms with Gasteiger partial charge in [0.1, 0.15) is 0 Å². The van der Waals surface area contributed by atoms with Gasteiger partial charge in [-0.05, 0) is 19.4 Å². The van der Waals surface area contributed by atoms with Crippen molar-refractivity contribution in [2.45, 2.75) is 18.4 Å². The number of hydrogen-bond donors (Lipinski definition) is 1. The molecule has 2 unspecified atom stereocenters. The van der Waals surface area contributed by atoms with Gasteiger partial charge in [-0.2, -0.15) is 0 Å². The SMILES string of the molecule is OC12CC1CN(CCCCl)C2. The average molecular weight is 176 g/mol. The molecule has 3 heteroatoms. The number of halogens is 1. The Morgan fingerprint density at radius 2 is 2.45 bits per heavy atom. The Morgan fingerprint density at radius 1 is 1.64 bits per heavy atom. The van der Waals surface area contributed by atoms with Gasteiger partial charge in [-0.3, -0.25) is 0 Å². The number of aliphatic hydroxyl groups is 1. The minimum Gasteiger partial charge on any atom is -0.388 e. The Labute approximate surface area is 72.1 Å². The Morgan fingerprint density at radius 3 is 3.00 bits per heavy atom. The fraction of sp³-hybridized carbons (Fsp3) is 1.00. The summed E-state index contributed by atoms with van der Waals surface area (Å²) in [5.74, 6) is 1.32. The second-order valence-electron chi connectivity index (χ2n) is 3.78. The molecule has 64 valence electrons. The predicted molar refractivity (Wildman–Crippen MR) is 44.8 cm³/mol. The van der Waals surface area contributed by atoms with E-state index in [0.717, 1.165) is 38.4 Å². The van der Waals surface area contributed by atoms with Crippen LogP contribution in [0.25, 0.3) is 0 Å². The first-order valence-corrected chi connectivity index (χ1v) is 4.79. The zero-order valence-corrected chi connectivity index (χ0v) is 7.35. The first-order valence-electron chi connectivity index (χ1n) is 4.25. The van der Waals surface area contributed by atoms with E-state index in [0.29, 0.717) is 5.92 Å². The topological polar surface area (TPSA) is 23.5 Å². The number of likely N-dealkylation sites (tertiary alicyclic amines) is 1. The van der Waals surface area contributed by atoms with Crippen molar-refractivity contribution in [2.24, 2.45) is 5.92 Å². The standard InChI is InChI=1S/C8H14ClNO/c9-2-1-3-10-5-7-4-8(7,11)6-10/h7,11H,1-6H2. The molecule has 1 N–H and O–H groups in total. The third-order valence-corrected chi connectivity index (χ3v) is 3.05. The molecule has 0 aromatic carbocycles. The lowest BCUT2D eigenvalue weighted by atomic mass is 10.3. The van der Waals surface area contributed by atoms with E-state index in [-0.39, 0.29) is 5.60 Å². The van der Waals surface area contributed by atoms with Crippen LogP contribution < -0.4 is 0 Å². The molecule has 1 heterocycles. The highest BCUT2D eigenvalue weighted by molar-refractivity contribution is 6.17. The van der Waals surface area contributed by atoms with Gasteiger partial charge in [-0.15, -0.1) is 11.6 Å². The number of fused-ring (bicyclic) bond motifs is 1. The first kappa shape index (κ1) is 7.84. The summed E-state index contributed by atoms with van der Waals surface area (Å²) in [6.45, 7) is 3.03. The molecule has 11 heavy (non-hydrogen) atoms. The van der Waals surface area contributed by atoms with Gasteiger partial charge in [0, 0.05) is 24.9 Å². The maximum atomic E-state index is 9.66. The minimum atomic E-state index is -0.285. The van der Waals surface area contributed by atoms with Crippen LogP contribution in [0.4, 0.5) is 0 Å². The van der Waals surface area contributed by atoms with Crippen LogP contribution in [0.15, 0.2) is 0 Å². The van der Waals surface area contributed by atoms with Crippen LogP contribution in [0, 0.1) is 5.92 Å². The third-order valence-electron chi connectivity index (χ3n) is 2.78. The highest BCUT2D eigenvalue weighted by Gasteiger charge is 2.58. The summed E-state index contributed by atoms with van der Waals surface area (Å²) in [7, 11) is 0. The zero-order valence-electron chi connectivity index (χ0n) is 6.59. The Hall–Kier alpha value is 0.210. The summed E-state index contributed by atoms with van der Waals surface area (Å²) in [5.41, 5.74) is -0.285. The molecule has 0 radical (unpaired) electrons. The van der Waals surface area contributed by atoms with Gasteiger partial charge in [0.2, 0.25) is 0 Å². The Kier molecular flexibility index (Phi) is 1.86. The van der Waals surface area contributed by atoms with Gasteiger partial charge < -0.3 is 10.0 Å². The van der Waals surface area contributed by atoms with Crippen LogP contribution in [0.5, 0.6) is 0 Å². The van der Waals surface area contributed by atoms with E-state index in [9.17, 15) is 5.11 Å². The number of alkyl halides is 1. The molecule has 2 rings (SSSR count). The van der Waals surface area contributed by atoms with E-state index < -0.39 is 0 Å². The zero-order chi connectivity index (χ0) is 7.90. The average Bonchev–Trinajstić information content (AvgIpc) is 2.47. The molecule has 1 saturated carbocycles. The highest BCUT2D eigenvalue weighted by atomic mass is 35.5. The molecule has 2 atom stereocenters. The Bertz CT molecular complexity index is 164. The van der Waals surface area contributed by atoms with Crippen molar-refractivity contribution >= 4 is 11.6 Å². The first-order chi connectivity index (χ1) is 5.24. The smallest absolute Gasteiger partial charge is 0.0819 e. The van der Waals surface area contributed by atoms with Gasteiger partial charge in [0.25, 0.3) is 0 Å². The van der Waals surface area contributed by atoms with Crippen molar-refractivity contribution in [2.75, 3.05) is 25.5 Å². The van der Waals surface area contributed by atoms with Crippen LogP contribution >= 0.6 is 11.6 Å².